The van der Waals surface area contributed by atoms with E-state index >= 15 is 0 Å². The van der Waals surface area contributed by atoms with Crippen molar-refractivity contribution in [3.05, 3.63) is 29.8 Å². The first-order valence-corrected chi connectivity index (χ1v) is 7.95. The average molecular weight is 320 g/mol. The first-order valence-electron chi connectivity index (χ1n) is 6.10. The Labute approximate surface area is 121 Å². The van der Waals surface area contributed by atoms with Gasteiger partial charge in [0.15, 0.2) is 11.6 Å². The van der Waals surface area contributed by atoms with Crippen molar-refractivity contribution in [2.75, 3.05) is 6.54 Å². The molecule has 0 radical (unpaired) electrons. The van der Waals surface area contributed by atoms with E-state index in [2.05, 4.69) is 0 Å². The second kappa shape index (κ2) is 5.71. The lowest BCUT2D eigenvalue weighted by Crippen LogP contribution is -2.49. The fourth-order valence-corrected chi connectivity index (χ4v) is 4.25. The zero-order valence-electron chi connectivity index (χ0n) is 10.6. The summed E-state index contributed by atoms with van der Waals surface area (Å²) in [6, 6.07) is 1.94. The maximum atomic E-state index is 13.2. The summed E-state index contributed by atoms with van der Waals surface area (Å²) in [6.45, 7) is 0.267. The van der Waals surface area contributed by atoms with Crippen LogP contribution in [-0.4, -0.2) is 30.3 Å². The molecule has 8 heteroatoms. The van der Waals surface area contributed by atoms with Crippen LogP contribution in [0.4, 0.5) is 8.78 Å². The molecule has 1 atom stereocenters. The second-order valence-corrected chi connectivity index (χ2v) is 6.97. The van der Waals surface area contributed by atoms with Crippen molar-refractivity contribution in [2.45, 2.75) is 30.2 Å². The van der Waals surface area contributed by atoms with Crippen LogP contribution in [0, 0.1) is 11.6 Å². The Kier molecular flexibility index (Phi) is 4.36. The van der Waals surface area contributed by atoms with Gasteiger partial charge in [0.25, 0.3) is 0 Å². The quantitative estimate of drug-likeness (QED) is 0.863. The minimum absolute atomic E-state index is 0.0934. The highest BCUT2D eigenvalue weighted by atomic mass is 32.2. The molecule has 1 aromatic carbocycles. The molecule has 1 fully saturated rings. The number of piperidine rings is 1. The molecule has 1 aliphatic rings. The third-order valence-corrected chi connectivity index (χ3v) is 5.46. The number of rotatable bonds is 3. The zero-order valence-corrected chi connectivity index (χ0v) is 12.2. The van der Waals surface area contributed by atoms with Gasteiger partial charge in [-0.3, -0.25) is 0 Å². The molecule has 0 amide bonds. The number of sulfonamides is 1. The lowest BCUT2D eigenvalue weighted by atomic mass is 10.1. The highest BCUT2D eigenvalue weighted by Gasteiger charge is 2.35. The summed E-state index contributed by atoms with van der Waals surface area (Å²) < 4.78 is 52.3. The van der Waals surface area contributed by atoms with Gasteiger partial charge in [0, 0.05) is 6.54 Å². The van der Waals surface area contributed by atoms with E-state index in [0.717, 1.165) is 18.6 Å². The normalized spacial score (nSPS) is 20.8. The first kappa shape index (κ1) is 15.3. The number of thiocarbonyl (C=S) groups is 1. The van der Waals surface area contributed by atoms with Gasteiger partial charge in [0.05, 0.1) is 15.9 Å². The van der Waals surface area contributed by atoms with Crippen molar-refractivity contribution >= 4 is 27.2 Å². The largest absolute Gasteiger partial charge is 0.392 e. The third-order valence-electron chi connectivity index (χ3n) is 3.28. The fraction of sp³-hybridized carbons (Fsp3) is 0.417. The van der Waals surface area contributed by atoms with E-state index in [9.17, 15) is 17.2 Å². The molecule has 0 spiro atoms. The van der Waals surface area contributed by atoms with Crippen LogP contribution in [0.15, 0.2) is 23.1 Å². The van der Waals surface area contributed by atoms with E-state index in [1.165, 1.54) is 4.31 Å². The smallest absolute Gasteiger partial charge is 0.243 e. The Hall–Kier alpha value is -1.12. The molecule has 20 heavy (non-hydrogen) atoms. The molecule has 4 nitrogen and oxygen atoms in total. The Balaban J connectivity index is 2.42. The standard InChI is InChI=1S/C12H14F2N2O2S2/c13-9-5-4-8(7-10(9)14)20(17,18)16-6-2-1-3-11(16)12(15)19/h4-5,7,11H,1-3,6H2,(H2,15,19). The molecule has 0 aliphatic carbocycles. The van der Waals surface area contributed by atoms with Gasteiger partial charge in [-0.2, -0.15) is 4.31 Å². The van der Waals surface area contributed by atoms with Crippen LogP contribution in [-0.2, 0) is 10.0 Å². The van der Waals surface area contributed by atoms with Crippen LogP contribution in [0.3, 0.4) is 0 Å². The Bertz CT molecular complexity index is 634. The van der Waals surface area contributed by atoms with E-state index in [1.807, 2.05) is 0 Å². The number of hydrogen-bond acceptors (Lipinski definition) is 3. The van der Waals surface area contributed by atoms with Crippen LogP contribution in [0.1, 0.15) is 19.3 Å². The fourth-order valence-electron chi connectivity index (χ4n) is 2.25. The lowest BCUT2D eigenvalue weighted by molar-refractivity contribution is 0.306. The van der Waals surface area contributed by atoms with E-state index in [1.54, 1.807) is 0 Å². The highest BCUT2D eigenvalue weighted by Crippen LogP contribution is 2.26. The van der Waals surface area contributed by atoms with Gasteiger partial charge < -0.3 is 5.73 Å². The van der Waals surface area contributed by atoms with Gasteiger partial charge in [-0.15, -0.1) is 0 Å². The minimum atomic E-state index is -3.94. The van der Waals surface area contributed by atoms with Crippen LogP contribution < -0.4 is 5.73 Å². The van der Waals surface area contributed by atoms with Crippen LogP contribution >= 0.6 is 12.2 Å². The topological polar surface area (TPSA) is 63.4 Å². The van der Waals surface area contributed by atoms with Crippen molar-refractivity contribution in [1.82, 2.24) is 4.31 Å². The maximum absolute atomic E-state index is 13.2. The minimum Gasteiger partial charge on any atom is -0.392 e. The zero-order chi connectivity index (χ0) is 14.9. The van der Waals surface area contributed by atoms with E-state index in [0.29, 0.717) is 18.9 Å². The second-order valence-electron chi connectivity index (χ2n) is 4.61. The predicted molar refractivity (Wildman–Crippen MR) is 74.7 cm³/mol. The Morgan fingerprint density at radius 3 is 2.60 bits per heavy atom. The Morgan fingerprint density at radius 2 is 2.00 bits per heavy atom. The van der Waals surface area contributed by atoms with Gasteiger partial charge in [0.1, 0.15) is 0 Å². The summed E-state index contributed by atoms with van der Waals surface area (Å²) in [7, 11) is -3.94. The molecule has 1 heterocycles. The van der Waals surface area contributed by atoms with Gasteiger partial charge in [-0.1, -0.05) is 18.6 Å². The molecular weight excluding hydrogens is 306 g/mol. The Morgan fingerprint density at radius 1 is 1.30 bits per heavy atom. The van der Waals surface area contributed by atoms with Crippen molar-refractivity contribution < 1.29 is 17.2 Å². The predicted octanol–water partition coefficient (Wildman–Crippen LogP) is 1.79. The van der Waals surface area contributed by atoms with E-state index < -0.39 is 27.7 Å². The van der Waals surface area contributed by atoms with Crippen molar-refractivity contribution in [3.63, 3.8) is 0 Å². The first-order chi connectivity index (χ1) is 9.34. The van der Waals surface area contributed by atoms with E-state index in [-0.39, 0.29) is 16.4 Å². The maximum Gasteiger partial charge on any atom is 0.243 e. The van der Waals surface area contributed by atoms with Gasteiger partial charge in [-0.25, -0.2) is 17.2 Å². The molecule has 2 rings (SSSR count). The van der Waals surface area contributed by atoms with Crippen LogP contribution in [0.5, 0.6) is 0 Å². The number of benzene rings is 1. The lowest BCUT2D eigenvalue weighted by Gasteiger charge is -2.33. The molecule has 0 aromatic heterocycles. The summed E-state index contributed by atoms with van der Waals surface area (Å²) in [5.41, 5.74) is 5.58. The SMILES string of the molecule is NC(=S)C1CCCCN1S(=O)(=O)c1ccc(F)c(F)c1. The summed E-state index contributed by atoms with van der Waals surface area (Å²) in [4.78, 5) is -0.199. The van der Waals surface area contributed by atoms with Gasteiger partial charge in [0.2, 0.25) is 10.0 Å². The van der Waals surface area contributed by atoms with Crippen molar-refractivity contribution in [1.29, 1.82) is 0 Å². The van der Waals surface area contributed by atoms with Gasteiger partial charge in [-0.05, 0) is 31.0 Å². The summed E-state index contributed by atoms with van der Waals surface area (Å²) in [5, 5.41) is 0. The molecule has 1 saturated heterocycles. The van der Waals surface area contributed by atoms with Crippen molar-refractivity contribution in [3.8, 4) is 0 Å². The number of hydrogen-bond donors (Lipinski definition) is 1. The molecule has 0 bridgehead atoms. The molecule has 1 aliphatic heterocycles. The summed E-state index contributed by atoms with van der Waals surface area (Å²) in [6.07, 6.45) is 2.05. The third kappa shape index (κ3) is 2.82. The highest BCUT2D eigenvalue weighted by molar-refractivity contribution is 7.89. The molecule has 1 unspecified atom stereocenters. The summed E-state index contributed by atoms with van der Waals surface area (Å²) >= 11 is 4.90. The molecular formula is C12H14F2N2O2S2. The average Bonchev–Trinajstić information content (AvgIpc) is 2.41. The molecule has 110 valence electrons. The number of nitrogens with zero attached hydrogens (tertiary/aromatic N) is 1. The van der Waals surface area contributed by atoms with Crippen LogP contribution in [0.25, 0.3) is 0 Å². The van der Waals surface area contributed by atoms with Crippen LogP contribution in [0.2, 0.25) is 0 Å². The van der Waals surface area contributed by atoms with Crippen molar-refractivity contribution in [2.24, 2.45) is 5.73 Å². The van der Waals surface area contributed by atoms with Gasteiger partial charge >= 0.3 is 0 Å². The molecule has 2 N–H and O–H groups in total. The number of nitrogens with two attached hydrogens (primary N) is 1. The molecule has 0 saturated carbocycles. The molecule has 1 aromatic rings. The summed E-state index contributed by atoms with van der Waals surface area (Å²) in [5.74, 6) is -2.29. The van der Waals surface area contributed by atoms with E-state index in [4.69, 9.17) is 18.0 Å². The number of halogens is 2. The monoisotopic (exact) mass is 320 g/mol.